The molecule has 3 rings (SSSR count). The standard InChI is InChI=1S/C19H20N4O3/c1-3-16(14-5-4-10-20-11-14)22(2)18(25)13-6-8-15(9-7-13)23-12-17(24)21-19(23)26/h4-11,16H,3,12H2,1-2H3,(H,21,24,26)/t16-/m1/s1. The lowest BCUT2D eigenvalue weighted by Crippen LogP contribution is -2.31. The van der Waals surface area contributed by atoms with Crippen LogP contribution in [0.5, 0.6) is 0 Å². The number of nitrogens with one attached hydrogen (secondary N) is 1. The van der Waals surface area contributed by atoms with Crippen molar-refractivity contribution in [1.82, 2.24) is 15.2 Å². The number of carbonyl (C=O) groups excluding carboxylic acids is 3. The zero-order valence-electron chi connectivity index (χ0n) is 14.7. The lowest BCUT2D eigenvalue weighted by molar-refractivity contribution is -0.117. The Morgan fingerprint density at radius 2 is 2.00 bits per heavy atom. The number of nitrogens with zero attached hydrogens (tertiary/aromatic N) is 3. The summed E-state index contributed by atoms with van der Waals surface area (Å²) in [6.45, 7) is 2.01. The van der Waals surface area contributed by atoms with E-state index in [2.05, 4.69) is 10.3 Å². The molecule has 0 spiro atoms. The zero-order valence-corrected chi connectivity index (χ0v) is 14.7. The van der Waals surface area contributed by atoms with Crippen LogP contribution in [0.1, 0.15) is 35.3 Å². The summed E-state index contributed by atoms with van der Waals surface area (Å²) in [4.78, 5) is 43.0. The van der Waals surface area contributed by atoms with E-state index in [0.717, 1.165) is 12.0 Å². The van der Waals surface area contributed by atoms with Crippen LogP contribution in [0, 0.1) is 0 Å². The van der Waals surface area contributed by atoms with E-state index in [0.29, 0.717) is 11.3 Å². The van der Waals surface area contributed by atoms with E-state index in [1.807, 2.05) is 19.1 Å². The zero-order chi connectivity index (χ0) is 18.7. The number of hydrogen-bond acceptors (Lipinski definition) is 4. The Kier molecular flexibility index (Phi) is 4.97. The van der Waals surface area contributed by atoms with Crippen LogP contribution < -0.4 is 10.2 Å². The molecule has 2 aromatic rings. The predicted molar refractivity (Wildman–Crippen MR) is 96.7 cm³/mol. The first-order chi connectivity index (χ1) is 12.5. The highest BCUT2D eigenvalue weighted by Crippen LogP contribution is 2.25. The number of urea groups is 1. The number of imide groups is 1. The molecule has 4 amide bonds. The highest BCUT2D eigenvalue weighted by Gasteiger charge is 2.28. The molecule has 1 aromatic heterocycles. The van der Waals surface area contributed by atoms with Gasteiger partial charge in [0.25, 0.3) is 5.91 Å². The first kappa shape index (κ1) is 17.6. The SMILES string of the molecule is CC[C@H](c1cccnc1)N(C)C(=O)c1ccc(N2CC(=O)NC2=O)cc1. The van der Waals surface area contributed by atoms with E-state index in [4.69, 9.17) is 0 Å². The summed E-state index contributed by atoms with van der Waals surface area (Å²) >= 11 is 0. The monoisotopic (exact) mass is 352 g/mol. The van der Waals surface area contributed by atoms with Crippen molar-refractivity contribution in [1.29, 1.82) is 0 Å². The van der Waals surface area contributed by atoms with Gasteiger partial charge in [0, 0.05) is 30.7 Å². The van der Waals surface area contributed by atoms with Crippen molar-refractivity contribution in [2.24, 2.45) is 0 Å². The van der Waals surface area contributed by atoms with E-state index in [9.17, 15) is 14.4 Å². The molecular formula is C19H20N4O3. The Morgan fingerprint density at radius 3 is 2.54 bits per heavy atom. The summed E-state index contributed by atoms with van der Waals surface area (Å²) < 4.78 is 0. The van der Waals surface area contributed by atoms with Crippen molar-refractivity contribution >= 4 is 23.5 Å². The molecule has 7 nitrogen and oxygen atoms in total. The minimum atomic E-state index is -0.450. The molecule has 7 heteroatoms. The second-order valence-corrected chi connectivity index (χ2v) is 6.11. The molecule has 1 aliphatic rings. The Labute approximate surface area is 151 Å². The smallest absolute Gasteiger partial charge is 0.329 e. The molecule has 1 aliphatic heterocycles. The minimum absolute atomic E-state index is 0.00898. The van der Waals surface area contributed by atoms with Crippen molar-refractivity contribution < 1.29 is 14.4 Å². The molecule has 26 heavy (non-hydrogen) atoms. The maximum absolute atomic E-state index is 12.8. The fraction of sp³-hybridized carbons (Fsp3) is 0.263. The molecule has 134 valence electrons. The van der Waals surface area contributed by atoms with Crippen molar-refractivity contribution in [3.8, 4) is 0 Å². The van der Waals surface area contributed by atoms with Gasteiger partial charge in [0.15, 0.2) is 0 Å². The van der Waals surface area contributed by atoms with Gasteiger partial charge in [-0.15, -0.1) is 0 Å². The maximum Gasteiger partial charge on any atom is 0.329 e. The Hall–Kier alpha value is -3.22. The van der Waals surface area contributed by atoms with Gasteiger partial charge >= 0.3 is 6.03 Å². The van der Waals surface area contributed by atoms with E-state index in [1.54, 1.807) is 48.6 Å². The lowest BCUT2D eigenvalue weighted by Gasteiger charge is -2.27. The van der Waals surface area contributed by atoms with Gasteiger partial charge in [0.1, 0.15) is 6.54 Å². The van der Waals surface area contributed by atoms with Crippen LogP contribution in [0.15, 0.2) is 48.8 Å². The van der Waals surface area contributed by atoms with Crippen LogP contribution in [0.4, 0.5) is 10.5 Å². The molecule has 1 saturated heterocycles. The average molecular weight is 352 g/mol. The molecule has 0 radical (unpaired) electrons. The maximum atomic E-state index is 12.8. The van der Waals surface area contributed by atoms with E-state index >= 15 is 0 Å². The summed E-state index contributed by atoms with van der Waals surface area (Å²) in [6, 6.07) is 9.96. The summed E-state index contributed by atoms with van der Waals surface area (Å²) in [5.74, 6) is -0.452. The number of anilines is 1. The Bertz CT molecular complexity index is 820. The van der Waals surface area contributed by atoms with Crippen molar-refractivity contribution in [3.05, 3.63) is 59.9 Å². The molecule has 1 N–H and O–H groups in total. The second kappa shape index (κ2) is 7.35. The van der Waals surface area contributed by atoms with Crippen molar-refractivity contribution in [2.45, 2.75) is 19.4 Å². The summed E-state index contributed by atoms with van der Waals surface area (Å²) in [6.07, 6.45) is 4.24. The highest BCUT2D eigenvalue weighted by atomic mass is 16.2. The van der Waals surface area contributed by atoms with Gasteiger partial charge < -0.3 is 4.90 Å². The van der Waals surface area contributed by atoms with E-state index in [1.165, 1.54) is 4.90 Å². The first-order valence-corrected chi connectivity index (χ1v) is 8.39. The molecule has 1 aromatic carbocycles. The van der Waals surface area contributed by atoms with E-state index < -0.39 is 6.03 Å². The third-order valence-electron chi connectivity index (χ3n) is 4.46. The third-order valence-corrected chi connectivity index (χ3v) is 4.46. The van der Waals surface area contributed by atoms with Crippen LogP contribution in [-0.4, -0.2) is 41.3 Å². The van der Waals surface area contributed by atoms with Gasteiger partial charge in [0.05, 0.1) is 6.04 Å². The van der Waals surface area contributed by atoms with Gasteiger partial charge in [-0.05, 0) is 42.3 Å². The fourth-order valence-electron chi connectivity index (χ4n) is 3.09. The second-order valence-electron chi connectivity index (χ2n) is 6.11. The topological polar surface area (TPSA) is 82.6 Å². The number of pyridine rings is 1. The molecule has 0 bridgehead atoms. The molecule has 1 fully saturated rings. The van der Waals surface area contributed by atoms with Gasteiger partial charge in [-0.25, -0.2) is 4.79 Å². The quantitative estimate of drug-likeness (QED) is 0.838. The minimum Gasteiger partial charge on any atom is -0.335 e. The lowest BCUT2D eigenvalue weighted by atomic mass is 10.0. The number of hydrogen-bond donors (Lipinski definition) is 1. The largest absolute Gasteiger partial charge is 0.335 e. The normalized spacial score (nSPS) is 14.9. The fourth-order valence-corrected chi connectivity index (χ4v) is 3.09. The highest BCUT2D eigenvalue weighted by molar-refractivity contribution is 6.12. The van der Waals surface area contributed by atoms with Crippen LogP contribution in [0.2, 0.25) is 0 Å². The van der Waals surface area contributed by atoms with Crippen LogP contribution in [0.25, 0.3) is 0 Å². The molecular weight excluding hydrogens is 332 g/mol. The van der Waals surface area contributed by atoms with Crippen LogP contribution in [0.3, 0.4) is 0 Å². The number of benzene rings is 1. The van der Waals surface area contributed by atoms with Gasteiger partial charge in [-0.1, -0.05) is 13.0 Å². The average Bonchev–Trinajstić information content (AvgIpc) is 3.01. The Balaban J connectivity index is 1.77. The third kappa shape index (κ3) is 3.42. The Morgan fingerprint density at radius 1 is 1.27 bits per heavy atom. The number of amides is 4. The van der Waals surface area contributed by atoms with Crippen LogP contribution >= 0.6 is 0 Å². The molecule has 0 aliphatic carbocycles. The number of rotatable bonds is 5. The van der Waals surface area contributed by atoms with Crippen molar-refractivity contribution in [3.63, 3.8) is 0 Å². The molecule has 0 unspecified atom stereocenters. The first-order valence-electron chi connectivity index (χ1n) is 8.39. The number of carbonyl (C=O) groups is 3. The molecule has 2 heterocycles. The summed E-state index contributed by atoms with van der Waals surface area (Å²) in [7, 11) is 1.77. The van der Waals surface area contributed by atoms with Crippen molar-refractivity contribution in [2.75, 3.05) is 18.5 Å². The van der Waals surface area contributed by atoms with Gasteiger partial charge in [-0.2, -0.15) is 0 Å². The van der Waals surface area contributed by atoms with Gasteiger partial charge in [0.2, 0.25) is 5.91 Å². The predicted octanol–water partition coefficient (Wildman–Crippen LogP) is 2.36. The van der Waals surface area contributed by atoms with Gasteiger partial charge in [-0.3, -0.25) is 24.8 Å². The summed E-state index contributed by atoms with van der Waals surface area (Å²) in [5, 5.41) is 2.23. The van der Waals surface area contributed by atoms with Crippen LogP contribution in [-0.2, 0) is 4.79 Å². The number of aromatic nitrogens is 1. The summed E-state index contributed by atoms with van der Waals surface area (Å²) in [5.41, 5.74) is 2.08. The molecule has 0 saturated carbocycles. The van der Waals surface area contributed by atoms with E-state index in [-0.39, 0.29) is 24.4 Å². The molecule has 1 atom stereocenters.